The second kappa shape index (κ2) is 6.87. The van der Waals surface area contributed by atoms with E-state index in [1.54, 1.807) is 0 Å². The van der Waals surface area contributed by atoms with Crippen LogP contribution in [0.5, 0.6) is 0 Å². The summed E-state index contributed by atoms with van der Waals surface area (Å²) in [6, 6.07) is 0.416. The molecule has 2 rings (SSSR count). The third-order valence-corrected chi connectivity index (χ3v) is 4.16. The van der Waals surface area contributed by atoms with Gasteiger partial charge in [-0.05, 0) is 26.7 Å². The Morgan fingerprint density at radius 1 is 1.15 bits per heavy atom. The Morgan fingerprint density at radius 2 is 1.70 bits per heavy atom. The predicted octanol–water partition coefficient (Wildman–Crippen LogP) is 0.434. The Labute approximate surface area is 122 Å². The van der Waals surface area contributed by atoms with E-state index in [1.165, 1.54) is 12.8 Å². The number of aliphatic hydroxyl groups is 1. The highest BCUT2D eigenvalue weighted by Gasteiger charge is 2.24. The van der Waals surface area contributed by atoms with Crippen LogP contribution >= 0.6 is 0 Å². The largest absolute Gasteiger partial charge is 0.389 e. The van der Waals surface area contributed by atoms with Gasteiger partial charge in [0.15, 0.2) is 0 Å². The minimum Gasteiger partial charge on any atom is -0.389 e. The number of β-amino-alcohol motifs (C(OH)–C–C–N with tert-alkyl or cyclic N) is 1. The fourth-order valence-corrected chi connectivity index (χ4v) is 3.20. The number of nitrogens with zero attached hydrogens (tertiary/aromatic N) is 2. The summed E-state index contributed by atoms with van der Waals surface area (Å²) < 4.78 is 0. The molecule has 1 aliphatic carbocycles. The third kappa shape index (κ3) is 5.38. The molecule has 0 aromatic carbocycles. The molecule has 0 radical (unpaired) electrons. The predicted molar refractivity (Wildman–Crippen MR) is 79.6 cm³/mol. The highest BCUT2D eigenvalue weighted by molar-refractivity contribution is 5.78. The van der Waals surface area contributed by atoms with Gasteiger partial charge in [-0.2, -0.15) is 0 Å². The van der Waals surface area contributed by atoms with Gasteiger partial charge in [0.1, 0.15) is 0 Å². The number of rotatable bonds is 5. The third-order valence-electron chi connectivity index (χ3n) is 4.16. The minimum atomic E-state index is -0.637. The molecule has 116 valence electrons. The van der Waals surface area contributed by atoms with E-state index in [1.807, 2.05) is 13.8 Å². The highest BCUT2D eigenvalue weighted by atomic mass is 16.3. The van der Waals surface area contributed by atoms with E-state index >= 15 is 0 Å². The van der Waals surface area contributed by atoms with E-state index in [0.717, 1.165) is 39.0 Å². The molecule has 2 N–H and O–H groups in total. The second-order valence-corrected chi connectivity index (χ2v) is 6.91. The van der Waals surface area contributed by atoms with Crippen LogP contribution in [0.2, 0.25) is 0 Å². The number of carbonyl (C=O) groups is 1. The molecular weight excluding hydrogens is 254 g/mol. The monoisotopic (exact) mass is 283 g/mol. The Morgan fingerprint density at radius 3 is 2.25 bits per heavy atom. The molecule has 0 bridgehead atoms. The van der Waals surface area contributed by atoms with E-state index in [2.05, 4.69) is 15.1 Å². The first-order chi connectivity index (χ1) is 9.42. The topological polar surface area (TPSA) is 55.8 Å². The molecule has 0 spiro atoms. The van der Waals surface area contributed by atoms with E-state index in [0.29, 0.717) is 19.1 Å². The standard InChI is InChI=1S/C15H29N3O2/c1-15(2,20)12-18-9-7-17(8-10-18)11-14(19)16-13-5-3-4-6-13/h13,20H,3-12H2,1-2H3,(H,16,19). The fourth-order valence-electron chi connectivity index (χ4n) is 3.20. The van der Waals surface area contributed by atoms with Crippen molar-refractivity contribution >= 4 is 5.91 Å². The van der Waals surface area contributed by atoms with Crippen LogP contribution in [0, 0.1) is 0 Å². The van der Waals surface area contributed by atoms with Crippen LogP contribution in [-0.4, -0.2) is 71.7 Å². The number of nitrogens with one attached hydrogen (secondary N) is 1. The molecular formula is C15H29N3O2. The second-order valence-electron chi connectivity index (χ2n) is 6.91. The van der Waals surface area contributed by atoms with Crippen LogP contribution in [0.3, 0.4) is 0 Å². The van der Waals surface area contributed by atoms with Crippen molar-refractivity contribution in [2.24, 2.45) is 0 Å². The van der Waals surface area contributed by atoms with Gasteiger partial charge in [0.25, 0.3) is 0 Å². The Balaban J connectivity index is 1.64. The van der Waals surface area contributed by atoms with Crippen LogP contribution in [0.4, 0.5) is 0 Å². The molecule has 0 aromatic heterocycles. The Kier molecular flexibility index (Phi) is 5.41. The SMILES string of the molecule is CC(C)(O)CN1CCN(CC(=O)NC2CCCC2)CC1. The average molecular weight is 283 g/mol. The molecule has 1 saturated heterocycles. The summed E-state index contributed by atoms with van der Waals surface area (Å²) in [5.74, 6) is 0.174. The summed E-state index contributed by atoms with van der Waals surface area (Å²) in [7, 11) is 0. The zero-order chi connectivity index (χ0) is 14.6. The lowest BCUT2D eigenvalue weighted by Crippen LogP contribution is -2.52. The van der Waals surface area contributed by atoms with Gasteiger partial charge in [-0.15, -0.1) is 0 Å². The molecule has 5 heteroatoms. The molecule has 0 aromatic rings. The van der Waals surface area contributed by atoms with E-state index in [-0.39, 0.29) is 5.91 Å². The van der Waals surface area contributed by atoms with Crippen molar-refractivity contribution in [3.05, 3.63) is 0 Å². The van der Waals surface area contributed by atoms with Crippen molar-refractivity contribution in [3.8, 4) is 0 Å². The maximum atomic E-state index is 12.0. The maximum absolute atomic E-state index is 12.0. The molecule has 2 aliphatic rings. The molecule has 1 amide bonds. The summed E-state index contributed by atoms with van der Waals surface area (Å²) in [4.78, 5) is 16.5. The van der Waals surface area contributed by atoms with Crippen molar-refractivity contribution in [2.45, 2.75) is 51.2 Å². The van der Waals surface area contributed by atoms with Gasteiger partial charge in [-0.3, -0.25) is 14.6 Å². The summed E-state index contributed by atoms with van der Waals surface area (Å²) in [5.41, 5.74) is -0.637. The lowest BCUT2D eigenvalue weighted by atomic mass is 10.1. The maximum Gasteiger partial charge on any atom is 0.234 e. The molecule has 1 saturated carbocycles. The molecule has 5 nitrogen and oxygen atoms in total. The van der Waals surface area contributed by atoms with Gasteiger partial charge >= 0.3 is 0 Å². The Bertz CT molecular complexity index is 314. The fraction of sp³-hybridized carbons (Fsp3) is 0.933. The van der Waals surface area contributed by atoms with Gasteiger partial charge < -0.3 is 10.4 Å². The normalized spacial score (nSPS) is 23.1. The van der Waals surface area contributed by atoms with Crippen molar-refractivity contribution in [1.82, 2.24) is 15.1 Å². The highest BCUT2D eigenvalue weighted by Crippen LogP contribution is 2.17. The van der Waals surface area contributed by atoms with Gasteiger partial charge in [-0.25, -0.2) is 0 Å². The van der Waals surface area contributed by atoms with Crippen LogP contribution < -0.4 is 5.32 Å². The summed E-state index contributed by atoms with van der Waals surface area (Å²) >= 11 is 0. The van der Waals surface area contributed by atoms with Gasteiger partial charge in [0, 0.05) is 38.8 Å². The first kappa shape index (κ1) is 15.7. The van der Waals surface area contributed by atoms with Crippen LogP contribution in [-0.2, 0) is 4.79 Å². The van der Waals surface area contributed by atoms with Gasteiger partial charge in [-0.1, -0.05) is 12.8 Å². The average Bonchev–Trinajstić information content (AvgIpc) is 2.82. The molecule has 1 aliphatic heterocycles. The Hall–Kier alpha value is -0.650. The summed E-state index contributed by atoms with van der Waals surface area (Å²) in [6.07, 6.45) is 4.79. The summed E-state index contributed by atoms with van der Waals surface area (Å²) in [6.45, 7) is 8.59. The van der Waals surface area contributed by atoms with Crippen LogP contribution in [0.1, 0.15) is 39.5 Å². The van der Waals surface area contributed by atoms with Crippen molar-refractivity contribution in [1.29, 1.82) is 0 Å². The van der Waals surface area contributed by atoms with E-state index < -0.39 is 5.60 Å². The van der Waals surface area contributed by atoms with Crippen LogP contribution in [0.25, 0.3) is 0 Å². The van der Waals surface area contributed by atoms with Gasteiger partial charge in [0.2, 0.25) is 5.91 Å². The zero-order valence-corrected chi connectivity index (χ0v) is 12.9. The number of carbonyl (C=O) groups excluding carboxylic acids is 1. The lowest BCUT2D eigenvalue weighted by Gasteiger charge is -2.37. The quantitative estimate of drug-likeness (QED) is 0.768. The van der Waals surface area contributed by atoms with Crippen LogP contribution in [0.15, 0.2) is 0 Å². The number of hydrogen-bond donors (Lipinski definition) is 2. The number of hydrogen-bond acceptors (Lipinski definition) is 4. The van der Waals surface area contributed by atoms with Gasteiger partial charge in [0.05, 0.1) is 12.1 Å². The summed E-state index contributed by atoms with van der Waals surface area (Å²) in [5, 5.41) is 13.0. The van der Waals surface area contributed by atoms with E-state index in [4.69, 9.17) is 0 Å². The van der Waals surface area contributed by atoms with E-state index in [9.17, 15) is 9.90 Å². The van der Waals surface area contributed by atoms with Crippen molar-refractivity contribution in [2.75, 3.05) is 39.3 Å². The molecule has 0 unspecified atom stereocenters. The minimum absolute atomic E-state index is 0.174. The molecule has 2 fully saturated rings. The van der Waals surface area contributed by atoms with Crippen molar-refractivity contribution in [3.63, 3.8) is 0 Å². The molecule has 20 heavy (non-hydrogen) atoms. The smallest absolute Gasteiger partial charge is 0.234 e. The number of amides is 1. The number of piperazine rings is 1. The lowest BCUT2D eigenvalue weighted by molar-refractivity contribution is -0.123. The van der Waals surface area contributed by atoms with Crippen molar-refractivity contribution < 1.29 is 9.90 Å². The zero-order valence-electron chi connectivity index (χ0n) is 12.9. The first-order valence-corrected chi connectivity index (χ1v) is 7.89. The molecule has 0 atom stereocenters. The first-order valence-electron chi connectivity index (χ1n) is 7.89. The molecule has 1 heterocycles.